The molecule has 0 unspecified atom stereocenters. The number of rotatable bonds is 5. The van der Waals surface area contributed by atoms with E-state index in [0.717, 1.165) is 52.0 Å². The zero-order valence-electron chi connectivity index (χ0n) is 19.8. The van der Waals surface area contributed by atoms with Crippen LogP contribution in [-0.4, -0.2) is 45.2 Å². The van der Waals surface area contributed by atoms with Gasteiger partial charge in [0.05, 0.1) is 40.8 Å². The number of aromatic nitrogens is 3. The van der Waals surface area contributed by atoms with Gasteiger partial charge in [-0.2, -0.15) is 9.57 Å². The largest absolute Gasteiger partial charge is 0.443 e. The number of ether oxygens (including phenoxy) is 1. The van der Waals surface area contributed by atoms with Crippen molar-refractivity contribution in [3.8, 4) is 6.07 Å². The Kier molecular flexibility index (Phi) is 6.57. The summed E-state index contributed by atoms with van der Waals surface area (Å²) in [5, 5.41) is 11.1. The van der Waals surface area contributed by atoms with Crippen molar-refractivity contribution in [2.45, 2.75) is 71.1 Å². The number of nitriles is 1. The lowest BCUT2D eigenvalue weighted by Gasteiger charge is -2.31. The highest BCUT2D eigenvalue weighted by Gasteiger charge is 2.33. The molecule has 1 amide bonds. The standard InChI is InChI=1S/C23H29N5O4S2/c1-23(2,3)32-22(29)27(34(4,30)31)14-19-26-18-13-25-17-10-12-33-21(17)20(18)28(19)16-7-5-15(6-8-16)9-11-24/h10,12-13,15-16H,5-9,14H2,1-4H3/t15-,16-. The summed E-state index contributed by atoms with van der Waals surface area (Å²) in [5.74, 6) is 0.856. The van der Waals surface area contributed by atoms with Crippen molar-refractivity contribution in [2.75, 3.05) is 6.26 Å². The zero-order chi connectivity index (χ0) is 24.7. The number of sulfonamides is 1. The number of carbonyl (C=O) groups excluding carboxylic acids is 1. The summed E-state index contributed by atoms with van der Waals surface area (Å²) >= 11 is 1.57. The van der Waals surface area contributed by atoms with Crippen LogP contribution in [0.4, 0.5) is 4.79 Å². The molecule has 0 radical (unpaired) electrons. The van der Waals surface area contributed by atoms with E-state index in [1.165, 1.54) is 0 Å². The lowest BCUT2D eigenvalue weighted by molar-refractivity contribution is 0.0377. The van der Waals surface area contributed by atoms with Crippen LogP contribution in [0.15, 0.2) is 17.6 Å². The fourth-order valence-corrected chi connectivity index (χ4v) is 6.07. The van der Waals surface area contributed by atoms with E-state index < -0.39 is 21.7 Å². The van der Waals surface area contributed by atoms with Gasteiger partial charge in [0.25, 0.3) is 0 Å². The van der Waals surface area contributed by atoms with E-state index in [0.29, 0.717) is 23.7 Å². The minimum absolute atomic E-state index is 0.0858. The van der Waals surface area contributed by atoms with Gasteiger partial charge in [-0.15, -0.1) is 11.3 Å². The molecule has 11 heteroatoms. The van der Waals surface area contributed by atoms with Crippen LogP contribution >= 0.6 is 11.3 Å². The molecule has 0 bridgehead atoms. The molecule has 3 aromatic heterocycles. The van der Waals surface area contributed by atoms with E-state index in [-0.39, 0.29) is 12.6 Å². The van der Waals surface area contributed by atoms with Gasteiger partial charge in [0.1, 0.15) is 16.9 Å². The molecular weight excluding hydrogens is 474 g/mol. The smallest absolute Gasteiger partial charge is 0.424 e. The molecular formula is C23H29N5O4S2. The van der Waals surface area contributed by atoms with E-state index in [1.54, 1.807) is 38.3 Å². The second kappa shape index (κ2) is 9.15. The van der Waals surface area contributed by atoms with Crippen molar-refractivity contribution in [1.82, 2.24) is 18.8 Å². The van der Waals surface area contributed by atoms with E-state index in [1.807, 2.05) is 11.4 Å². The summed E-state index contributed by atoms with van der Waals surface area (Å²) in [7, 11) is -3.91. The lowest BCUT2D eigenvalue weighted by Crippen LogP contribution is -2.40. The van der Waals surface area contributed by atoms with Gasteiger partial charge in [-0.25, -0.2) is 18.2 Å². The second-order valence-corrected chi connectivity index (χ2v) is 12.6. The molecule has 1 fully saturated rings. The highest BCUT2D eigenvalue weighted by atomic mass is 32.2. The molecule has 9 nitrogen and oxygen atoms in total. The van der Waals surface area contributed by atoms with Gasteiger partial charge in [-0.1, -0.05) is 0 Å². The van der Waals surface area contributed by atoms with Crippen molar-refractivity contribution in [3.05, 3.63) is 23.5 Å². The Morgan fingerprint density at radius 1 is 1.29 bits per heavy atom. The Bertz CT molecular complexity index is 1360. The van der Waals surface area contributed by atoms with Crippen molar-refractivity contribution < 1.29 is 17.9 Å². The summed E-state index contributed by atoms with van der Waals surface area (Å²) in [6.45, 7) is 4.85. The second-order valence-electron chi connectivity index (χ2n) is 9.81. The van der Waals surface area contributed by atoms with Crippen LogP contribution in [0.25, 0.3) is 21.3 Å². The van der Waals surface area contributed by atoms with E-state index in [2.05, 4.69) is 15.6 Å². The number of thiophene rings is 1. The molecule has 0 spiro atoms. The molecule has 4 rings (SSSR count). The summed E-state index contributed by atoms with van der Waals surface area (Å²) in [4.78, 5) is 22.1. The average Bonchev–Trinajstić information content (AvgIpc) is 3.34. The highest BCUT2D eigenvalue weighted by Crippen LogP contribution is 2.39. The molecule has 0 N–H and O–H groups in total. The molecule has 34 heavy (non-hydrogen) atoms. The lowest BCUT2D eigenvalue weighted by atomic mass is 9.84. The maximum absolute atomic E-state index is 12.8. The number of fused-ring (bicyclic) bond motifs is 3. The third-order valence-electron chi connectivity index (χ3n) is 6.04. The number of hydrogen-bond donors (Lipinski definition) is 0. The van der Waals surface area contributed by atoms with Crippen molar-refractivity contribution in [3.63, 3.8) is 0 Å². The van der Waals surface area contributed by atoms with Crippen LogP contribution in [0.5, 0.6) is 0 Å². The number of nitrogens with zero attached hydrogens (tertiary/aromatic N) is 5. The Balaban J connectivity index is 1.79. The van der Waals surface area contributed by atoms with Crippen LogP contribution in [-0.2, 0) is 21.3 Å². The van der Waals surface area contributed by atoms with E-state index >= 15 is 0 Å². The Labute approximate surface area is 203 Å². The van der Waals surface area contributed by atoms with E-state index in [4.69, 9.17) is 15.0 Å². The third-order valence-corrected chi connectivity index (χ3v) is 8.03. The first kappa shape index (κ1) is 24.4. The first-order valence-electron chi connectivity index (χ1n) is 11.3. The fraction of sp³-hybridized carbons (Fsp3) is 0.565. The predicted octanol–water partition coefficient (Wildman–Crippen LogP) is 4.99. The maximum atomic E-state index is 12.8. The quantitative estimate of drug-likeness (QED) is 0.481. The molecule has 0 saturated heterocycles. The minimum atomic E-state index is -3.91. The highest BCUT2D eigenvalue weighted by molar-refractivity contribution is 7.88. The molecule has 0 atom stereocenters. The Hall–Kier alpha value is -2.71. The number of amides is 1. The van der Waals surface area contributed by atoms with Crippen LogP contribution < -0.4 is 0 Å². The summed E-state index contributed by atoms with van der Waals surface area (Å²) in [5.41, 5.74) is 1.60. The average molecular weight is 504 g/mol. The number of hydrogen-bond acceptors (Lipinski definition) is 8. The fourth-order valence-electron chi connectivity index (χ4n) is 4.53. The Morgan fingerprint density at radius 2 is 2.00 bits per heavy atom. The maximum Gasteiger partial charge on any atom is 0.424 e. The van der Waals surface area contributed by atoms with Crippen LogP contribution in [0.2, 0.25) is 0 Å². The molecule has 1 aliphatic carbocycles. The number of pyridine rings is 1. The van der Waals surface area contributed by atoms with Crippen molar-refractivity contribution in [1.29, 1.82) is 5.26 Å². The number of carbonyl (C=O) groups is 1. The first-order valence-corrected chi connectivity index (χ1v) is 14.0. The van der Waals surface area contributed by atoms with Crippen LogP contribution in [0, 0.1) is 17.2 Å². The SMILES string of the molecule is CC(C)(C)OC(=O)N(Cc1nc2cnc3ccsc3c2n1[C@H]1CC[C@H](CC#N)CC1)S(C)(=O)=O. The van der Waals surface area contributed by atoms with Gasteiger partial charge in [0.2, 0.25) is 10.0 Å². The molecule has 3 aromatic rings. The van der Waals surface area contributed by atoms with Crippen molar-refractivity contribution in [2.24, 2.45) is 5.92 Å². The summed E-state index contributed by atoms with van der Waals surface area (Å²) in [6, 6.07) is 4.31. The molecule has 0 aliphatic heterocycles. The zero-order valence-corrected chi connectivity index (χ0v) is 21.4. The van der Waals surface area contributed by atoms with Gasteiger partial charge in [0, 0.05) is 12.5 Å². The number of imidazole rings is 1. The first-order chi connectivity index (χ1) is 16.0. The summed E-state index contributed by atoms with van der Waals surface area (Å²) in [6.07, 6.45) is 5.85. The van der Waals surface area contributed by atoms with Crippen LogP contribution in [0.1, 0.15) is 64.7 Å². The predicted molar refractivity (Wildman–Crippen MR) is 131 cm³/mol. The molecule has 3 heterocycles. The molecule has 1 aliphatic rings. The summed E-state index contributed by atoms with van der Waals surface area (Å²) < 4.78 is 34.4. The molecule has 182 valence electrons. The van der Waals surface area contributed by atoms with Crippen molar-refractivity contribution >= 4 is 48.7 Å². The van der Waals surface area contributed by atoms with Gasteiger partial charge < -0.3 is 9.30 Å². The normalized spacial score (nSPS) is 19.3. The van der Waals surface area contributed by atoms with Gasteiger partial charge in [-0.3, -0.25) is 4.98 Å². The van der Waals surface area contributed by atoms with Gasteiger partial charge in [-0.05, 0) is 63.8 Å². The van der Waals surface area contributed by atoms with Crippen LogP contribution in [0.3, 0.4) is 0 Å². The third kappa shape index (κ3) is 5.03. The van der Waals surface area contributed by atoms with E-state index in [9.17, 15) is 13.2 Å². The molecule has 1 saturated carbocycles. The Morgan fingerprint density at radius 3 is 2.62 bits per heavy atom. The topological polar surface area (TPSA) is 118 Å². The minimum Gasteiger partial charge on any atom is -0.443 e. The van der Waals surface area contributed by atoms with Gasteiger partial charge in [0.15, 0.2) is 0 Å². The monoisotopic (exact) mass is 503 g/mol. The molecule has 0 aromatic carbocycles. The van der Waals surface area contributed by atoms with Gasteiger partial charge >= 0.3 is 6.09 Å².